The van der Waals surface area contributed by atoms with E-state index in [-0.39, 0.29) is 0 Å². The molecule has 0 aromatic carbocycles. The molecular weight excluding hydrogens is 163 g/mol. The average Bonchev–Trinajstić information content (AvgIpc) is 1.81. The van der Waals surface area contributed by atoms with Crippen LogP contribution in [-0.2, 0) is 0 Å². The van der Waals surface area contributed by atoms with Crippen molar-refractivity contribution in [2.75, 3.05) is 0 Å². The molecule has 0 aliphatic carbocycles. The van der Waals surface area contributed by atoms with Gasteiger partial charge in [0.25, 0.3) is 0 Å². The van der Waals surface area contributed by atoms with Crippen LogP contribution in [0.2, 0.25) is 0 Å². The van der Waals surface area contributed by atoms with E-state index in [1.807, 2.05) is 6.07 Å². The molecule has 0 aromatic rings. The van der Waals surface area contributed by atoms with E-state index in [4.69, 9.17) is 20.6 Å². The molecule has 4 nitrogen and oxygen atoms in total. The first-order valence-electron chi connectivity index (χ1n) is 3.31. The van der Waals surface area contributed by atoms with Gasteiger partial charge in [-0.15, -0.1) is 0 Å². The number of hydrogen-bond donors (Lipinski definition) is 3. The van der Waals surface area contributed by atoms with Crippen LogP contribution in [-0.4, -0.2) is 14.9 Å². The zero-order chi connectivity index (χ0) is 9.12. The van der Waals surface area contributed by atoms with Gasteiger partial charge in [-0.3, -0.25) is 0 Å². The van der Waals surface area contributed by atoms with Crippen molar-refractivity contribution in [3.63, 3.8) is 0 Å². The maximum Gasteiger partial charge on any atom is 0.342 e. The van der Waals surface area contributed by atoms with Crippen molar-refractivity contribution >= 4 is 7.87 Å². The molecule has 4 N–H and O–H groups in total. The molecule has 0 unspecified atom stereocenters. The molecule has 0 rings (SSSR count). The molecule has 0 radical (unpaired) electrons. The van der Waals surface area contributed by atoms with Crippen LogP contribution in [0.25, 0.3) is 0 Å². The largest absolute Gasteiger partial charge is 0.342 e. The molecule has 0 saturated heterocycles. The third kappa shape index (κ3) is 3.13. The number of rotatable bonds is 3. The van der Waals surface area contributed by atoms with Crippen molar-refractivity contribution < 1.29 is 9.79 Å². The molecule has 0 atom stereocenters. The molecule has 0 heterocycles. The predicted molar refractivity (Wildman–Crippen MR) is 44.5 cm³/mol. The fourth-order valence-electron chi connectivity index (χ4n) is 0.526. The van der Waals surface area contributed by atoms with Crippen LogP contribution in [0.3, 0.4) is 0 Å². The van der Waals surface area contributed by atoms with Gasteiger partial charge in [0.05, 0.1) is 6.07 Å². The van der Waals surface area contributed by atoms with Gasteiger partial charge < -0.3 is 0 Å². The number of nitrogens with two attached hydrogens (primary N) is 1. The van der Waals surface area contributed by atoms with E-state index in [0.717, 1.165) is 0 Å². The van der Waals surface area contributed by atoms with Crippen molar-refractivity contribution in [1.29, 1.82) is 5.26 Å². The molecule has 5 heteroatoms. The van der Waals surface area contributed by atoms with Crippen molar-refractivity contribution in [3.05, 3.63) is 0 Å². The fourth-order valence-corrected chi connectivity index (χ4v) is 0.967. The minimum Gasteiger partial charge on any atom is -0.202 e. The summed E-state index contributed by atoms with van der Waals surface area (Å²) in [6, 6.07) is 1.94. The summed E-state index contributed by atoms with van der Waals surface area (Å²) >= 11 is 0. The highest BCUT2D eigenvalue weighted by Gasteiger charge is 2.47. The molecule has 0 amide bonds. The molecule has 0 aliphatic heterocycles. The third-order valence-electron chi connectivity index (χ3n) is 1.74. The van der Waals surface area contributed by atoms with Crippen LogP contribution >= 0.6 is 7.87 Å². The second-order valence-corrected chi connectivity index (χ2v) is 5.63. The number of hydrogen-bond acceptors (Lipinski definition) is 4. The Balaban J connectivity index is 4.13. The summed E-state index contributed by atoms with van der Waals surface area (Å²) in [6.45, 7) is 3.30. The molecule has 64 valence electrons. The summed E-state index contributed by atoms with van der Waals surface area (Å²) in [5, 5.41) is 7.52. The Bertz CT molecular complexity index is 168. The first kappa shape index (κ1) is 10.8. The smallest absolute Gasteiger partial charge is 0.202 e. The molecule has 0 aromatic heterocycles. The summed E-state index contributed by atoms with van der Waals surface area (Å²) in [5.74, 6) is 0. The SMILES string of the molecule is CC(C)(CCC#N)[P+](N)(O)O. The van der Waals surface area contributed by atoms with Gasteiger partial charge in [0, 0.05) is 12.8 Å². The minimum absolute atomic E-state index is 0.299. The van der Waals surface area contributed by atoms with Gasteiger partial charge in [0.15, 0.2) is 0 Å². The summed E-state index contributed by atoms with van der Waals surface area (Å²) in [6.07, 6.45) is 0.716. The van der Waals surface area contributed by atoms with Crippen molar-refractivity contribution in [3.8, 4) is 6.07 Å². The lowest BCUT2D eigenvalue weighted by atomic mass is 10.1. The topological polar surface area (TPSA) is 90.3 Å². The van der Waals surface area contributed by atoms with Crippen LogP contribution < -0.4 is 5.50 Å². The molecule has 0 bridgehead atoms. The highest BCUT2D eigenvalue weighted by atomic mass is 31.2. The standard InChI is InChI=1S/C6H14N2O2P/c1-6(2,4-3-5-7)11(8,9)10/h9-10H,3-4,8H2,1-2H3/q+1. The summed E-state index contributed by atoms with van der Waals surface area (Å²) < 4.78 is 0. The predicted octanol–water partition coefficient (Wildman–Crippen LogP) is 0.775. The van der Waals surface area contributed by atoms with E-state index < -0.39 is 13.0 Å². The van der Waals surface area contributed by atoms with Crippen LogP contribution in [0.15, 0.2) is 0 Å². The molecule has 0 saturated carbocycles. The Morgan fingerprint density at radius 1 is 1.55 bits per heavy atom. The van der Waals surface area contributed by atoms with Crippen LogP contribution in [0.5, 0.6) is 0 Å². The number of nitriles is 1. The van der Waals surface area contributed by atoms with Gasteiger partial charge >= 0.3 is 7.87 Å². The van der Waals surface area contributed by atoms with Crippen LogP contribution in [0, 0.1) is 11.3 Å². The Morgan fingerprint density at radius 3 is 2.27 bits per heavy atom. The highest BCUT2D eigenvalue weighted by Crippen LogP contribution is 2.56. The Hall–Kier alpha value is -0.200. The quantitative estimate of drug-likeness (QED) is 0.555. The number of nitrogens with zero attached hydrogens (tertiary/aromatic N) is 1. The minimum atomic E-state index is -3.30. The maximum absolute atomic E-state index is 9.11. The summed E-state index contributed by atoms with van der Waals surface area (Å²) in [5.41, 5.74) is 5.17. The molecule has 0 aliphatic rings. The first-order valence-corrected chi connectivity index (χ1v) is 5.08. The van der Waals surface area contributed by atoms with Gasteiger partial charge in [0.2, 0.25) is 0 Å². The molecular formula is C6H14N2O2P+. The van der Waals surface area contributed by atoms with E-state index in [9.17, 15) is 0 Å². The van der Waals surface area contributed by atoms with E-state index in [1.54, 1.807) is 13.8 Å². The van der Waals surface area contributed by atoms with E-state index >= 15 is 0 Å². The zero-order valence-corrected chi connectivity index (χ0v) is 7.67. The van der Waals surface area contributed by atoms with Gasteiger partial charge in [-0.2, -0.15) is 10.8 Å². The van der Waals surface area contributed by atoms with Gasteiger partial charge in [-0.25, -0.2) is 9.79 Å². The monoisotopic (exact) mass is 177 g/mol. The van der Waals surface area contributed by atoms with Gasteiger partial charge in [0.1, 0.15) is 5.16 Å². The van der Waals surface area contributed by atoms with Crippen LogP contribution in [0.1, 0.15) is 26.7 Å². The summed E-state index contributed by atoms with van der Waals surface area (Å²) in [7, 11) is -3.30. The van der Waals surface area contributed by atoms with E-state index in [2.05, 4.69) is 0 Å². The van der Waals surface area contributed by atoms with Crippen molar-refractivity contribution in [1.82, 2.24) is 0 Å². The molecule has 11 heavy (non-hydrogen) atoms. The lowest BCUT2D eigenvalue weighted by Gasteiger charge is -2.24. The van der Waals surface area contributed by atoms with Crippen molar-refractivity contribution in [2.24, 2.45) is 5.50 Å². The Kier molecular flexibility index (Phi) is 3.40. The van der Waals surface area contributed by atoms with Gasteiger partial charge in [-0.1, -0.05) is 0 Å². The lowest BCUT2D eigenvalue weighted by Crippen LogP contribution is -2.28. The van der Waals surface area contributed by atoms with Crippen molar-refractivity contribution in [2.45, 2.75) is 31.8 Å². The van der Waals surface area contributed by atoms with Crippen LogP contribution in [0.4, 0.5) is 0 Å². The molecule has 0 spiro atoms. The normalized spacial score (nSPS) is 12.7. The van der Waals surface area contributed by atoms with Gasteiger partial charge in [-0.05, 0) is 13.8 Å². The molecule has 0 fully saturated rings. The second-order valence-electron chi connectivity index (χ2n) is 3.12. The second kappa shape index (κ2) is 3.46. The first-order chi connectivity index (χ1) is 4.81. The fraction of sp³-hybridized carbons (Fsp3) is 0.833. The van der Waals surface area contributed by atoms with E-state index in [0.29, 0.717) is 12.8 Å². The third-order valence-corrected chi connectivity index (χ3v) is 3.74. The zero-order valence-electron chi connectivity index (χ0n) is 6.78. The maximum atomic E-state index is 9.11. The van der Waals surface area contributed by atoms with E-state index in [1.165, 1.54) is 0 Å². The lowest BCUT2D eigenvalue weighted by molar-refractivity contribution is 0.395. The average molecular weight is 177 g/mol. The highest BCUT2D eigenvalue weighted by molar-refractivity contribution is 7.63. The Morgan fingerprint density at radius 2 is 2.00 bits per heavy atom. The Labute approximate surface area is 67.2 Å². The summed E-state index contributed by atoms with van der Waals surface area (Å²) in [4.78, 5) is 18.2.